The molecule has 0 aromatic heterocycles. The van der Waals surface area contributed by atoms with Gasteiger partial charge in [0.1, 0.15) is 5.75 Å². The number of hydrogen-bond donors (Lipinski definition) is 1. The molecule has 0 saturated carbocycles. The molecule has 29 heavy (non-hydrogen) atoms. The Kier molecular flexibility index (Phi) is 7.07. The fourth-order valence-electron chi connectivity index (χ4n) is 3.75. The molecule has 0 aliphatic carbocycles. The third-order valence-corrected chi connectivity index (χ3v) is 6.30. The van der Waals surface area contributed by atoms with Gasteiger partial charge in [-0.3, -0.25) is 4.79 Å². The molecule has 1 aliphatic rings. The second-order valence-electron chi connectivity index (χ2n) is 8.21. The van der Waals surface area contributed by atoms with Crippen LogP contribution in [0.1, 0.15) is 49.4 Å². The molecule has 1 heterocycles. The number of ether oxygens (including phenoxy) is 1. The Hall–Kier alpha value is -2.20. The van der Waals surface area contributed by atoms with Crippen molar-refractivity contribution in [3.8, 4) is 5.75 Å². The number of amides is 1. The van der Waals surface area contributed by atoms with Crippen LogP contribution in [0.4, 0.5) is 5.69 Å². The number of benzene rings is 2. The minimum Gasteiger partial charge on any atom is -0.484 e. The maximum Gasteiger partial charge on any atom is 0.258 e. The van der Waals surface area contributed by atoms with Crippen molar-refractivity contribution in [3.05, 3.63) is 58.1 Å². The molecule has 2 aromatic rings. The van der Waals surface area contributed by atoms with E-state index in [9.17, 15) is 4.79 Å². The van der Waals surface area contributed by atoms with E-state index in [2.05, 4.69) is 41.4 Å². The van der Waals surface area contributed by atoms with E-state index in [0.29, 0.717) is 5.75 Å². The zero-order chi connectivity index (χ0) is 21.0. The van der Waals surface area contributed by atoms with Gasteiger partial charge in [-0.2, -0.15) is 0 Å². The highest BCUT2D eigenvalue weighted by molar-refractivity contribution is 6.32. The molecule has 1 N–H and O–H groups in total. The molecule has 3 rings (SSSR count). The van der Waals surface area contributed by atoms with E-state index >= 15 is 0 Å². The average molecular weight is 415 g/mol. The molecule has 1 fully saturated rings. The number of piperidine rings is 1. The molecule has 1 atom stereocenters. The molecule has 2 aromatic carbocycles. The lowest BCUT2D eigenvalue weighted by Crippen LogP contribution is -2.33. The lowest BCUT2D eigenvalue weighted by molar-refractivity contribution is -0.123. The van der Waals surface area contributed by atoms with Crippen molar-refractivity contribution in [2.75, 3.05) is 24.6 Å². The van der Waals surface area contributed by atoms with Gasteiger partial charge in [0.15, 0.2) is 6.61 Å². The van der Waals surface area contributed by atoms with Crippen LogP contribution in [0.25, 0.3) is 0 Å². The Morgan fingerprint density at radius 2 is 1.76 bits per heavy atom. The van der Waals surface area contributed by atoms with Gasteiger partial charge in [0.05, 0.1) is 6.04 Å². The molecule has 1 amide bonds. The third kappa shape index (κ3) is 5.66. The molecular formula is C24H31ClN2O2. The Morgan fingerprint density at radius 1 is 1.17 bits per heavy atom. The number of halogens is 1. The number of aryl methyl sites for hydroxylation is 2. The van der Waals surface area contributed by atoms with Crippen LogP contribution in [-0.4, -0.2) is 25.6 Å². The van der Waals surface area contributed by atoms with E-state index in [4.69, 9.17) is 16.3 Å². The van der Waals surface area contributed by atoms with Crippen LogP contribution in [0, 0.1) is 19.8 Å². The van der Waals surface area contributed by atoms with Gasteiger partial charge in [0, 0.05) is 23.8 Å². The Labute approximate surface area is 179 Å². The van der Waals surface area contributed by atoms with Crippen LogP contribution in [-0.2, 0) is 4.79 Å². The van der Waals surface area contributed by atoms with E-state index in [1.807, 2.05) is 32.9 Å². The number of carbonyl (C=O) groups excluding carboxylic acids is 1. The normalized spacial score (nSPS) is 15.8. The van der Waals surface area contributed by atoms with Gasteiger partial charge >= 0.3 is 0 Å². The van der Waals surface area contributed by atoms with Gasteiger partial charge in [-0.15, -0.1) is 0 Å². The molecule has 5 heteroatoms. The van der Waals surface area contributed by atoms with Crippen LogP contribution in [0.3, 0.4) is 0 Å². The number of rotatable bonds is 6. The molecular weight excluding hydrogens is 384 g/mol. The first-order chi connectivity index (χ1) is 13.8. The van der Waals surface area contributed by atoms with E-state index in [-0.39, 0.29) is 18.6 Å². The zero-order valence-electron chi connectivity index (χ0n) is 17.8. The Bertz CT molecular complexity index is 819. The molecule has 0 radical (unpaired) electrons. The summed E-state index contributed by atoms with van der Waals surface area (Å²) >= 11 is 6.18. The van der Waals surface area contributed by atoms with Crippen LogP contribution in [0.2, 0.25) is 5.02 Å². The highest BCUT2D eigenvalue weighted by atomic mass is 35.5. The summed E-state index contributed by atoms with van der Waals surface area (Å²) in [6.45, 7) is 10.4. The molecule has 0 unspecified atom stereocenters. The standard InChI is InChI=1S/C24H31ClN2O2/c1-16-9-11-27(12-10-16)21-7-5-20(6-8-21)19(4)26-23(28)15-29-22-13-17(2)24(25)18(3)14-22/h5-8,13-14,16,19H,9-12,15H2,1-4H3,(H,26,28)/t19-/m1/s1. The lowest BCUT2D eigenvalue weighted by atomic mass is 9.98. The summed E-state index contributed by atoms with van der Waals surface area (Å²) in [4.78, 5) is 14.8. The van der Waals surface area contributed by atoms with Gasteiger partial charge in [0.2, 0.25) is 0 Å². The minimum absolute atomic E-state index is 0.0190. The van der Waals surface area contributed by atoms with Crippen LogP contribution >= 0.6 is 11.6 Å². The summed E-state index contributed by atoms with van der Waals surface area (Å²) in [6.07, 6.45) is 2.50. The van der Waals surface area contributed by atoms with E-state index in [0.717, 1.165) is 40.7 Å². The summed E-state index contributed by atoms with van der Waals surface area (Å²) in [6, 6.07) is 12.2. The second-order valence-corrected chi connectivity index (χ2v) is 8.59. The summed E-state index contributed by atoms with van der Waals surface area (Å²) in [5.74, 6) is 1.34. The fraction of sp³-hybridized carbons (Fsp3) is 0.458. The molecule has 1 saturated heterocycles. The summed E-state index contributed by atoms with van der Waals surface area (Å²) < 4.78 is 5.65. The second kappa shape index (κ2) is 9.53. The first kappa shape index (κ1) is 21.5. The summed E-state index contributed by atoms with van der Waals surface area (Å²) in [7, 11) is 0. The Morgan fingerprint density at radius 3 is 2.34 bits per heavy atom. The number of hydrogen-bond acceptors (Lipinski definition) is 3. The molecule has 0 bridgehead atoms. The lowest BCUT2D eigenvalue weighted by Gasteiger charge is -2.32. The number of anilines is 1. The highest BCUT2D eigenvalue weighted by Crippen LogP contribution is 2.26. The predicted molar refractivity (Wildman–Crippen MR) is 120 cm³/mol. The number of nitrogens with one attached hydrogen (secondary N) is 1. The topological polar surface area (TPSA) is 41.6 Å². The predicted octanol–water partition coefficient (Wildman–Crippen LogP) is 5.45. The molecule has 156 valence electrons. The SMILES string of the molecule is Cc1cc(OCC(=O)N[C@H](C)c2ccc(N3CCC(C)CC3)cc2)cc(C)c1Cl. The minimum atomic E-state index is -0.142. The monoisotopic (exact) mass is 414 g/mol. The first-order valence-electron chi connectivity index (χ1n) is 10.4. The van der Waals surface area contributed by atoms with E-state index in [1.165, 1.54) is 18.5 Å². The van der Waals surface area contributed by atoms with Crippen molar-refractivity contribution in [1.82, 2.24) is 5.32 Å². The first-order valence-corrected chi connectivity index (χ1v) is 10.7. The van der Waals surface area contributed by atoms with E-state index in [1.54, 1.807) is 0 Å². The maximum atomic E-state index is 12.3. The zero-order valence-corrected chi connectivity index (χ0v) is 18.6. The third-order valence-electron chi connectivity index (χ3n) is 5.70. The van der Waals surface area contributed by atoms with Gasteiger partial charge in [-0.05, 0) is 80.5 Å². The molecule has 0 spiro atoms. The highest BCUT2D eigenvalue weighted by Gasteiger charge is 2.17. The quantitative estimate of drug-likeness (QED) is 0.683. The van der Waals surface area contributed by atoms with Gasteiger partial charge in [-0.1, -0.05) is 30.7 Å². The van der Waals surface area contributed by atoms with Gasteiger partial charge in [0.25, 0.3) is 5.91 Å². The van der Waals surface area contributed by atoms with Gasteiger partial charge in [-0.25, -0.2) is 0 Å². The number of nitrogens with zero attached hydrogens (tertiary/aromatic N) is 1. The van der Waals surface area contributed by atoms with Crippen LogP contribution < -0.4 is 15.0 Å². The maximum absolute atomic E-state index is 12.3. The fourth-order valence-corrected chi connectivity index (χ4v) is 3.85. The van der Waals surface area contributed by atoms with E-state index < -0.39 is 0 Å². The summed E-state index contributed by atoms with van der Waals surface area (Å²) in [5.41, 5.74) is 4.24. The van der Waals surface area contributed by atoms with Crippen LogP contribution in [0.15, 0.2) is 36.4 Å². The van der Waals surface area contributed by atoms with Gasteiger partial charge < -0.3 is 15.0 Å². The molecule has 1 aliphatic heterocycles. The van der Waals surface area contributed by atoms with Crippen molar-refractivity contribution >= 4 is 23.2 Å². The largest absolute Gasteiger partial charge is 0.484 e. The van der Waals surface area contributed by atoms with Crippen molar-refractivity contribution in [1.29, 1.82) is 0 Å². The van der Waals surface area contributed by atoms with Crippen molar-refractivity contribution in [2.45, 2.75) is 46.6 Å². The molecule has 4 nitrogen and oxygen atoms in total. The van der Waals surface area contributed by atoms with Crippen LogP contribution in [0.5, 0.6) is 5.75 Å². The Balaban J connectivity index is 1.51. The van der Waals surface area contributed by atoms with Crippen molar-refractivity contribution in [2.24, 2.45) is 5.92 Å². The summed E-state index contributed by atoms with van der Waals surface area (Å²) in [5, 5.41) is 3.74. The number of carbonyl (C=O) groups is 1. The smallest absolute Gasteiger partial charge is 0.258 e. The van der Waals surface area contributed by atoms with Crippen molar-refractivity contribution in [3.63, 3.8) is 0 Å². The van der Waals surface area contributed by atoms with Crippen molar-refractivity contribution < 1.29 is 9.53 Å². The average Bonchev–Trinajstić information content (AvgIpc) is 2.71.